The van der Waals surface area contributed by atoms with Gasteiger partial charge in [0.2, 0.25) is 0 Å². The fourth-order valence-electron chi connectivity index (χ4n) is 5.68. The van der Waals surface area contributed by atoms with E-state index in [1.165, 1.54) is 43.6 Å². The predicted octanol–water partition coefficient (Wildman–Crippen LogP) is 8.60. The van der Waals surface area contributed by atoms with Gasteiger partial charge < -0.3 is 22.0 Å². The summed E-state index contributed by atoms with van der Waals surface area (Å²) in [5, 5.41) is 4.85. The van der Waals surface area contributed by atoms with Crippen LogP contribution in [0.3, 0.4) is 0 Å². The monoisotopic (exact) mass is 972 g/mol. The summed E-state index contributed by atoms with van der Waals surface area (Å²) in [5.41, 5.74) is 8.59. The minimum absolute atomic E-state index is 0. The van der Waals surface area contributed by atoms with Crippen molar-refractivity contribution in [2.75, 3.05) is 0 Å². The Kier molecular flexibility index (Phi) is 12.2. The molecule has 0 aliphatic rings. The van der Waals surface area contributed by atoms with E-state index in [0.29, 0.717) is 0 Å². The Labute approximate surface area is 306 Å². The fourth-order valence-corrected chi connectivity index (χ4v) is 5.68. The van der Waals surface area contributed by atoms with Gasteiger partial charge in [0.15, 0.2) is 0 Å². The average Bonchev–Trinajstić information content (AvgIpc) is 3.56. The normalized spacial score (nSPS) is 10.0. The second kappa shape index (κ2) is 16.3. The zero-order valence-electron chi connectivity index (χ0n) is 25.8. The SMILES string of the molecule is [Au+].[Au+].[C-]#Cc1ccc2c(c1)c1ccccc1n2C.[C-]#Cc1ccc2c(c1)c1ccccc1n2C.c1ccc(Cc2ccccn2)nc1. The molecule has 6 heteroatoms. The van der Waals surface area contributed by atoms with Crippen molar-refractivity contribution in [3.63, 3.8) is 0 Å². The molecule has 4 heterocycles. The number of aryl methyl sites for hydroxylation is 2. The quantitative estimate of drug-likeness (QED) is 0.0990. The number of nitrogens with zero attached hydrogens (tertiary/aromatic N) is 4. The second-order valence-corrected chi connectivity index (χ2v) is 10.7. The third-order valence-electron chi connectivity index (χ3n) is 7.93. The molecule has 8 rings (SSSR count). The Morgan fingerprint density at radius 2 is 0.872 bits per heavy atom. The van der Waals surface area contributed by atoms with E-state index in [4.69, 9.17) is 12.8 Å². The first-order valence-electron chi connectivity index (χ1n) is 14.7. The van der Waals surface area contributed by atoms with Crippen LogP contribution in [0, 0.1) is 24.7 Å². The third kappa shape index (κ3) is 7.69. The summed E-state index contributed by atoms with van der Waals surface area (Å²) in [6, 6.07) is 40.5. The number of benzene rings is 4. The average molecular weight is 973 g/mol. The molecule has 47 heavy (non-hydrogen) atoms. The molecule has 0 spiro atoms. The maximum absolute atomic E-state index is 7.18. The number of pyridine rings is 2. The maximum Gasteiger partial charge on any atom is 1.00 e. The number of aromatic nitrogens is 4. The zero-order valence-corrected chi connectivity index (χ0v) is 30.1. The van der Waals surface area contributed by atoms with Gasteiger partial charge in [-0.2, -0.15) is 0 Å². The molecule has 0 unspecified atom stereocenters. The van der Waals surface area contributed by atoms with E-state index in [1.54, 1.807) is 12.4 Å². The minimum Gasteiger partial charge on any atom is -0.366 e. The molecule has 236 valence electrons. The van der Waals surface area contributed by atoms with Crippen LogP contribution >= 0.6 is 0 Å². The summed E-state index contributed by atoms with van der Waals surface area (Å²) in [5.74, 6) is 4.87. The van der Waals surface area contributed by atoms with E-state index in [9.17, 15) is 0 Å². The number of rotatable bonds is 2. The predicted molar refractivity (Wildman–Crippen MR) is 185 cm³/mol. The molecule has 4 nitrogen and oxygen atoms in total. The minimum atomic E-state index is 0. The van der Waals surface area contributed by atoms with Crippen molar-refractivity contribution in [2.45, 2.75) is 6.42 Å². The van der Waals surface area contributed by atoms with Crippen molar-refractivity contribution in [3.05, 3.63) is 169 Å². The van der Waals surface area contributed by atoms with E-state index < -0.39 is 0 Å². The summed E-state index contributed by atoms with van der Waals surface area (Å²) in [4.78, 5) is 8.47. The van der Waals surface area contributed by atoms with Gasteiger partial charge in [-0.1, -0.05) is 60.7 Å². The molecule has 0 atom stereocenters. The number of hydrogen-bond donors (Lipinski definition) is 0. The van der Waals surface area contributed by atoms with E-state index in [1.807, 2.05) is 97.1 Å². The molecular formula is C41H30Au2N4. The molecule has 0 saturated carbocycles. The van der Waals surface area contributed by atoms with Crippen LogP contribution in [-0.2, 0) is 65.3 Å². The molecule has 0 bridgehead atoms. The van der Waals surface area contributed by atoms with Crippen molar-refractivity contribution >= 4 is 43.6 Å². The Balaban J connectivity index is 0.000000157. The van der Waals surface area contributed by atoms with Gasteiger partial charge in [0, 0.05) is 77.1 Å². The molecule has 8 aromatic rings. The van der Waals surface area contributed by atoms with Crippen LogP contribution in [0.25, 0.3) is 43.6 Å². The molecule has 0 fully saturated rings. The van der Waals surface area contributed by atoms with Crippen molar-refractivity contribution in [3.8, 4) is 11.8 Å². The van der Waals surface area contributed by atoms with Crippen LogP contribution in [0.2, 0.25) is 0 Å². The zero-order chi connectivity index (χ0) is 31.2. The Hall–Kier alpha value is -4.62. The number of fused-ring (bicyclic) bond motifs is 6. The third-order valence-corrected chi connectivity index (χ3v) is 7.93. The molecule has 0 N–H and O–H groups in total. The van der Waals surface area contributed by atoms with E-state index in [0.717, 1.165) is 28.9 Å². The first kappa shape index (κ1) is 35.2. The summed E-state index contributed by atoms with van der Waals surface area (Å²) < 4.78 is 4.36. The largest absolute Gasteiger partial charge is 1.00 e. The Bertz CT molecular complexity index is 2170. The second-order valence-electron chi connectivity index (χ2n) is 10.7. The van der Waals surface area contributed by atoms with Crippen LogP contribution in [0.4, 0.5) is 0 Å². The molecule has 0 saturated heterocycles. The van der Waals surface area contributed by atoms with E-state index in [2.05, 4.69) is 69.3 Å². The van der Waals surface area contributed by atoms with Crippen LogP contribution in [0.5, 0.6) is 0 Å². The maximum atomic E-state index is 7.18. The van der Waals surface area contributed by atoms with Gasteiger partial charge in [0.05, 0.1) is 0 Å². The molecule has 0 radical (unpaired) electrons. The molecule has 4 aromatic heterocycles. The van der Waals surface area contributed by atoms with Crippen molar-refractivity contribution in [1.82, 2.24) is 19.1 Å². The van der Waals surface area contributed by atoms with Gasteiger partial charge in [0.25, 0.3) is 0 Å². The van der Waals surface area contributed by atoms with Gasteiger partial charge in [-0.25, -0.2) is 0 Å². The summed E-state index contributed by atoms with van der Waals surface area (Å²) in [7, 11) is 4.14. The molecule has 0 amide bonds. The first-order chi connectivity index (χ1) is 22.1. The van der Waals surface area contributed by atoms with Gasteiger partial charge in [0.1, 0.15) is 0 Å². The van der Waals surface area contributed by atoms with Gasteiger partial charge >= 0.3 is 44.8 Å². The Morgan fingerprint density at radius 3 is 1.26 bits per heavy atom. The van der Waals surface area contributed by atoms with Crippen LogP contribution in [0.15, 0.2) is 134 Å². The first-order valence-corrected chi connectivity index (χ1v) is 14.7. The number of para-hydroxylation sites is 2. The molecule has 0 aliphatic heterocycles. The topological polar surface area (TPSA) is 35.6 Å². The summed E-state index contributed by atoms with van der Waals surface area (Å²) >= 11 is 0. The van der Waals surface area contributed by atoms with Gasteiger partial charge in [-0.3, -0.25) is 21.8 Å². The van der Waals surface area contributed by atoms with Crippen molar-refractivity contribution in [2.24, 2.45) is 14.1 Å². The van der Waals surface area contributed by atoms with Gasteiger partial charge in [-0.15, -0.1) is 35.4 Å². The van der Waals surface area contributed by atoms with Crippen LogP contribution in [-0.4, -0.2) is 19.1 Å². The molecule has 4 aromatic carbocycles. The summed E-state index contributed by atoms with van der Waals surface area (Å²) in [6.07, 6.45) is 18.8. The van der Waals surface area contributed by atoms with Crippen LogP contribution < -0.4 is 0 Å². The van der Waals surface area contributed by atoms with Crippen molar-refractivity contribution < 1.29 is 44.8 Å². The van der Waals surface area contributed by atoms with Gasteiger partial charge in [-0.05, 0) is 47.2 Å². The smallest absolute Gasteiger partial charge is 0.366 e. The molecular weight excluding hydrogens is 942 g/mol. The Morgan fingerprint density at radius 1 is 0.489 bits per heavy atom. The standard InChI is InChI=1S/2C15H10N.C11H10N2.2Au/c2*1-3-11-8-9-15-13(10-11)12-6-4-5-7-14(12)16(15)2;1-3-7-12-10(5-1)9-11-6-2-4-8-13-11;;/h2*4-10H,2H3;1-8H,9H2;;/q2*-1;;2*+1. The van der Waals surface area contributed by atoms with Crippen molar-refractivity contribution in [1.29, 1.82) is 0 Å². The molecule has 0 aliphatic carbocycles. The fraction of sp³-hybridized carbons (Fsp3) is 0.0732. The van der Waals surface area contributed by atoms with E-state index >= 15 is 0 Å². The number of hydrogen-bond acceptors (Lipinski definition) is 2. The van der Waals surface area contributed by atoms with E-state index in [-0.39, 0.29) is 44.8 Å². The summed E-state index contributed by atoms with van der Waals surface area (Å²) in [6.45, 7) is 0. The van der Waals surface area contributed by atoms with Crippen LogP contribution in [0.1, 0.15) is 22.5 Å².